The molecule has 0 aromatic heterocycles. The Hall–Kier alpha value is -8.80. The standard InChI is InChI=1S/C73H50Br2N2/c74-61-32-20-34-63(48-61)76(65-42-55(51-22-6-1-7-23-51)40-56(43-65)52-24-8-2-9-25-52)67-46-60(73(59-30-14-5-15-31-59)71-38-18-16-36-69(71)70-37-17-19-39-72(70)73)47-68(50-67)77(64-35-21-33-62(75)49-64)66-44-57(53-26-10-3-11-27-53)41-58(45-66)54-28-12-4-13-29-54/h1-50H. The lowest BCUT2D eigenvalue weighted by molar-refractivity contribution is 0.768. The van der Waals surface area contributed by atoms with Crippen molar-refractivity contribution < 1.29 is 0 Å². The first-order valence-electron chi connectivity index (χ1n) is 26.0. The van der Waals surface area contributed by atoms with Gasteiger partial charge in [0, 0.05) is 43.1 Å². The number of rotatable bonds is 12. The van der Waals surface area contributed by atoms with Gasteiger partial charge in [-0.15, -0.1) is 0 Å². The largest absolute Gasteiger partial charge is 0.310 e. The van der Waals surface area contributed by atoms with Crippen LogP contribution in [0.5, 0.6) is 0 Å². The van der Waals surface area contributed by atoms with Crippen molar-refractivity contribution in [1.82, 2.24) is 0 Å². The SMILES string of the molecule is Brc1cccc(N(c2cc(-c3ccccc3)cc(-c3ccccc3)c2)c2cc(N(c3cccc(Br)c3)c3cc(-c4ccccc4)cc(-c4ccccc4)c3)cc(C3(c4ccccc4)c4ccccc4-c4ccccc43)c2)c1. The van der Waals surface area contributed by atoms with Crippen LogP contribution in [-0.2, 0) is 5.41 Å². The molecule has 0 amide bonds. The predicted molar refractivity (Wildman–Crippen MR) is 330 cm³/mol. The maximum Gasteiger partial charge on any atom is 0.0715 e. The molecule has 77 heavy (non-hydrogen) atoms. The summed E-state index contributed by atoms with van der Waals surface area (Å²) in [6.07, 6.45) is 0. The first-order valence-corrected chi connectivity index (χ1v) is 27.6. The molecule has 0 unspecified atom stereocenters. The van der Waals surface area contributed by atoms with Gasteiger partial charge in [-0.25, -0.2) is 0 Å². The number of nitrogens with zero attached hydrogens (tertiary/aromatic N) is 2. The second kappa shape index (κ2) is 20.7. The van der Waals surface area contributed by atoms with Crippen LogP contribution in [-0.4, -0.2) is 0 Å². The van der Waals surface area contributed by atoms with E-state index in [9.17, 15) is 0 Å². The highest BCUT2D eigenvalue weighted by molar-refractivity contribution is 9.10. The molecule has 2 nitrogen and oxygen atoms in total. The molecule has 0 bridgehead atoms. The lowest BCUT2D eigenvalue weighted by atomic mass is 9.67. The van der Waals surface area contributed by atoms with Crippen molar-refractivity contribution in [3.8, 4) is 55.6 Å². The molecule has 12 aromatic carbocycles. The topological polar surface area (TPSA) is 6.48 Å². The molecule has 0 saturated carbocycles. The lowest BCUT2D eigenvalue weighted by Crippen LogP contribution is -2.29. The van der Waals surface area contributed by atoms with Gasteiger partial charge >= 0.3 is 0 Å². The fraction of sp³-hybridized carbons (Fsp3) is 0.0137. The average Bonchev–Trinajstić information content (AvgIpc) is 3.85. The van der Waals surface area contributed by atoms with Crippen LogP contribution >= 0.6 is 31.9 Å². The molecule has 0 saturated heterocycles. The van der Waals surface area contributed by atoms with E-state index in [4.69, 9.17) is 0 Å². The van der Waals surface area contributed by atoms with Crippen LogP contribution < -0.4 is 9.80 Å². The highest BCUT2D eigenvalue weighted by Crippen LogP contribution is 2.58. The molecule has 0 radical (unpaired) electrons. The zero-order valence-corrected chi connectivity index (χ0v) is 45.2. The Labute approximate surface area is 468 Å². The van der Waals surface area contributed by atoms with E-state index in [1.54, 1.807) is 0 Å². The molecule has 1 aliphatic rings. The summed E-state index contributed by atoms with van der Waals surface area (Å²) in [7, 11) is 0. The van der Waals surface area contributed by atoms with Crippen molar-refractivity contribution in [2.45, 2.75) is 5.41 Å². The van der Waals surface area contributed by atoms with Gasteiger partial charge in [-0.3, -0.25) is 0 Å². The second-order valence-corrected chi connectivity index (χ2v) is 21.4. The van der Waals surface area contributed by atoms with Crippen molar-refractivity contribution >= 4 is 66.0 Å². The molecule has 12 aromatic rings. The Kier molecular flexibility index (Phi) is 12.9. The number of benzene rings is 12. The molecule has 0 N–H and O–H groups in total. The van der Waals surface area contributed by atoms with Crippen molar-refractivity contribution in [2.75, 3.05) is 9.80 Å². The van der Waals surface area contributed by atoms with E-state index in [0.29, 0.717) is 0 Å². The van der Waals surface area contributed by atoms with Gasteiger partial charge in [-0.05, 0) is 169 Å². The zero-order chi connectivity index (χ0) is 51.7. The smallest absolute Gasteiger partial charge is 0.0715 e. The maximum atomic E-state index is 3.94. The summed E-state index contributed by atoms with van der Waals surface area (Å²) in [6.45, 7) is 0. The van der Waals surface area contributed by atoms with Crippen LogP contribution in [0.2, 0.25) is 0 Å². The molecule has 13 rings (SSSR count). The summed E-state index contributed by atoms with van der Waals surface area (Å²) in [4.78, 5) is 4.91. The highest BCUT2D eigenvalue weighted by atomic mass is 79.9. The van der Waals surface area contributed by atoms with E-state index in [2.05, 4.69) is 345 Å². The van der Waals surface area contributed by atoms with Crippen LogP contribution in [0.25, 0.3) is 55.6 Å². The Morgan fingerprint density at radius 1 is 0.221 bits per heavy atom. The monoisotopic (exact) mass is 1110 g/mol. The Morgan fingerprint density at radius 3 is 0.909 bits per heavy atom. The summed E-state index contributed by atoms with van der Waals surface area (Å²) in [6, 6.07) is 111. The molecular weight excluding hydrogens is 1060 g/mol. The van der Waals surface area contributed by atoms with Crippen LogP contribution in [0.1, 0.15) is 22.3 Å². The molecule has 0 aliphatic heterocycles. The minimum Gasteiger partial charge on any atom is -0.310 e. The van der Waals surface area contributed by atoms with Gasteiger partial charge in [-0.2, -0.15) is 0 Å². The van der Waals surface area contributed by atoms with Gasteiger partial charge in [0.05, 0.1) is 5.41 Å². The quantitative estimate of drug-likeness (QED) is 0.120. The molecule has 0 spiro atoms. The third kappa shape index (κ3) is 9.10. The van der Waals surface area contributed by atoms with E-state index in [1.165, 1.54) is 27.8 Å². The van der Waals surface area contributed by atoms with Crippen LogP contribution in [0.15, 0.2) is 312 Å². The molecule has 0 heterocycles. The van der Waals surface area contributed by atoms with Crippen molar-refractivity contribution in [3.63, 3.8) is 0 Å². The number of hydrogen-bond acceptors (Lipinski definition) is 2. The van der Waals surface area contributed by atoms with Gasteiger partial charge in [0.1, 0.15) is 0 Å². The Balaban J connectivity index is 1.17. The van der Waals surface area contributed by atoms with E-state index < -0.39 is 5.41 Å². The maximum absolute atomic E-state index is 3.94. The number of fused-ring (bicyclic) bond motifs is 3. The summed E-state index contributed by atoms with van der Waals surface area (Å²) in [5.41, 5.74) is 21.7. The van der Waals surface area contributed by atoms with Gasteiger partial charge in [0.25, 0.3) is 0 Å². The molecule has 366 valence electrons. The minimum atomic E-state index is -0.729. The number of anilines is 6. The van der Waals surface area contributed by atoms with Crippen molar-refractivity contribution in [2.24, 2.45) is 0 Å². The Bertz CT molecular complexity index is 3710. The van der Waals surface area contributed by atoms with Crippen molar-refractivity contribution in [3.05, 3.63) is 335 Å². The molecule has 0 atom stereocenters. The van der Waals surface area contributed by atoms with Crippen LogP contribution in [0.4, 0.5) is 34.1 Å². The summed E-state index contributed by atoms with van der Waals surface area (Å²) in [5.74, 6) is 0. The molecule has 4 heteroatoms. The van der Waals surface area contributed by atoms with E-state index >= 15 is 0 Å². The fourth-order valence-electron chi connectivity index (χ4n) is 11.6. The van der Waals surface area contributed by atoms with E-state index in [-0.39, 0.29) is 0 Å². The third-order valence-corrected chi connectivity index (χ3v) is 15.9. The average molecular weight is 1120 g/mol. The zero-order valence-electron chi connectivity index (χ0n) is 42.0. The van der Waals surface area contributed by atoms with Gasteiger partial charge in [0.15, 0.2) is 0 Å². The van der Waals surface area contributed by atoms with Crippen LogP contribution in [0.3, 0.4) is 0 Å². The van der Waals surface area contributed by atoms with Crippen LogP contribution in [0, 0.1) is 0 Å². The van der Waals surface area contributed by atoms with Gasteiger partial charge in [-0.1, -0.05) is 244 Å². The second-order valence-electron chi connectivity index (χ2n) is 19.6. The van der Waals surface area contributed by atoms with Gasteiger partial charge in [0.2, 0.25) is 0 Å². The highest BCUT2D eigenvalue weighted by Gasteiger charge is 2.46. The molecule has 1 aliphatic carbocycles. The first-order chi connectivity index (χ1) is 38.0. The fourth-order valence-corrected chi connectivity index (χ4v) is 12.4. The first kappa shape index (κ1) is 47.9. The number of hydrogen-bond donors (Lipinski definition) is 0. The molecule has 0 fully saturated rings. The van der Waals surface area contributed by atoms with Gasteiger partial charge < -0.3 is 9.80 Å². The third-order valence-electron chi connectivity index (χ3n) is 14.9. The summed E-state index contributed by atoms with van der Waals surface area (Å²) < 4.78 is 1.97. The normalized spacial score (nSPS) is 12.1. The summed E-state index contributed by atoms with van der Waals surface area (Å²) in [5, 5.41) is 0. The minimum absolute atomic E-state index is 0.729. The summed E-state index contributed by atoms with van der Waals surface area (Å²) >= 11 is 7.88. The lowest BCUT2D eigenvalue weighted by Gasteiger charge is -2.37. The molecular formula is C73H50Br2N2. The van der Waals surface area contributed by atoms with Crippen molar-refractivity contribution in [1.29, 1.82) is 0 Å². The van der Waals surface area contributed by atoms with E-state index in [0.717, 1.165) is 93.1 Å². The van der Waals surface area contributed by atoms with E-state index in [1.807, 2.05) is 0 Å². The Morgan fingerprint density at radius 2 is 0.545 bits per heavy atom. The number of halogens is 2. The predicted octanol–water partition coefficient (Wildman–Crippen LogP) is 21.2.